The fourth-order valence-electron chi connectivity index (χ4n) is 13.1. The average molecular weight is 1080 g/mol. The summed E-state index contributed by atoms with van der Waals surface area (Å²) in [5.41, 5.74) is 17.9. The van der Waals surface area contributed by atoms with Gasteiger partial charge in [-0.25, -0.2) is 0 Å². The van der Waals surface area contributed by atoms with Crippen molar-refractivity contribution in [3.8, 4) is 11.1 Å². The van der Waals surface area contributed by atoms with Crippen molar-refractivity contribution in [2.45, 2.75) is 78.6 Å². The second kappa shape index (κ2) is 20.4. The van der Waals surface area contributed by atoms with Gasteiger partial charge in [0.15, 0.2) is 0 Å². The van der Waals surface area contributed by atoms with Gasteiger partial charge < -0.3 is 14.7 Å². The molecule has 10 aromatic carbocycles. The molecule has 0 spiro atoms. The molecule has 6 nitrogen and oxygen atoms in total. The number of rotatable bonds is 12. The summed E-state index contributed by atoms with van der Waals surface area (Å²) in [6.45, 7) is 18.4. The Balaban J connectivity index is 1.20. The lowest BCUT2D eigenvalue weighted by Crippen LogP contribution is -2.17. The molecule has 404 valence electrons. The zero-order valence-corrected chi connectivity index (χ0v) is 48.4. The van der Waals surface area contributed by atoms with E-state index in [1.54, 1.807) is 0 Å². The molecule has 3 heterocycles. The normalized spacial score (nSPS) is 12.8. The van der Waals surface area contributed by atoms with Crippen LogP contribution in [0.1, 0.15) is 101 Å². The average Bonchev–Trinajstić information content (AvgIpc) is 3.19. The molecule has 13 aromatic rings. The van der Waals surface area contributed by atoms with Gasteiger partial charge in [-0.05, 0) is 117 Å². The van der Waals surface area contributed by atoms with Crippen molar-refractivity contribution in [2.24, 2.45) is 0 Å². The second-order valence-electron chi connectivity index (χ2n) is 23.9. The summed E-state index contributed by atoms with van der Waals surface area (Å²) in [5.74, 6) is 1.07. The fourth-order valence-corrected chi connectivity index (χ4v) is 13.1. The number of hydrogen-bond donors (Lipinski definition) is 0. The van der Waals surface area contributed by atoms with Gasteiger partial charge in [-0.2, -0.15) is 0 Å². The first-order chi connectivity index (χ1) is 40.4. The highest BCUT2D eigenvalue weighted by molar-refractivity contribution is 6.26. The molecule has 0 unspecified atom stereocenters. The fraction of sp³-hybridized carbons (Fsp3) is 0.156. The molecule has 0 saturated carbocycles. The highest BCUT2D eigenvalue weighted by Gasteiger charge is 2.38. The Morgan fingerprint density at radius 1 is 0.301 bits per heavy atom. The Kier molecular flexibility index (Phi) is 12.7. The molecule has 3 aromatic heterocycles. The van der Waals surface area contributed by atoms with Crippen molar-refractivity contribution < 1.29 is 0 Å². The maximum Gasteiger partial charge on any atom is 0.0723 e. The van der Waals surface area contributed by atoms with E-state index in [0.29, 0.717) is 17.8 Å². The van der Waals surface area contributed by atoms with Crippen molar-refractivity contribution in [1.82, 2.24) is 15.0 Å². The van der Waals surface area contributed by atoms with Gasteiger partial charge in [0.05, 0.1) is 47.0 Å². The van der Waals surface area contributed by atoms with Crippen LogP contribution in [-0.2, 0) is 5.41 Å². The third-order valence-electron chi connectivity index (χ3n) is 17.6. The molecule has 0 radical (unpaired) electrons. The molecular weight excluding hydrogens is 1010 g/mol. The molecule has 83 heavy (non-hydrogen) atoms. The molecule has 0 bridgehead atoms. The third kappa shape index (κ3) is 8.66. The van der Waals surface area contributed by atoms with E-state index < -0.39 is 0 Å². The summed E-state index contributed by atoms with van der Waals surface area (Å²) in [7, 11) is 0. The lowest BCUT2D eigenvalue weighted by Gasteiger charge is -2.35. The van der Waals surface area contributed by atoms with E-state index in [4.69, 9.17) is 15.0 Å². The largest absolute Gasteiger partial charge is 0.308 e. The van der Waals surface area contributed by atoms with Crippen LogP contribution < -0.4 is 14.7 Å². The quantitative estimate of drug-likeness (QED) is 0.0898. The van der Waals surface area contributed by atoms with Crippen molar-refractivity contribution >= 4 is 105 Å². The first-order valence-electron chi connectivity index (χ1n) is 29.3. The van der Waals surface area contributed by atoms with Crippen LogP contribution >= 0.6 is 0 Å². The lowest BCUT2D eigenvalue weighted by atomic mass is 9.81. The summed E-state index contributed by atoms with van der Waals surface area (Å²) < 4.78 is 0. The first kappa shape index (κ1) is 51.5. The molecule has 0 amide bonds. The van der Waals surface area contributed by atoms with Crippen LogP contribution in [0.2, 0.25) is 0 Å². The van der Waals surface area contributed by atoms with Crippen LogP contribution in [0.25, 0.3) is 65.0 Å². The summed E-state index contributed by atoms with van der Waals surface area (Å²) >= 11 is 0. The summed E-state index contributed by atoms with van der Waals surface area (Å²) in [6, 6.07) is 74.8. The first-order valence-corrected chi connectivity index (χ1v) is 29.3. The summed E-state index contributed by atoms with van der Waals surface area (Å²) in [4.78, 5) is 22.5. The molecule has 0 aliphatic heterocycles. The van der Waals surface area contributed by atoms with Crippen molar-refractivity contribution in [3.05, 3.63) is 265 Å². The minimum Gasteiger partial charge on any atom is -0.308 e. The number of pyridine rings is 3. The van der Waals surface area contributed by atoms with Crippen LogP contribution in [0.3, 0.4) is 0 Å². The van der Waals surface area contributed by atoms with Crippen molar-refractivity contribution in [1.29, 1.82) is 0 Å². The maximum absolute atomic E-state index is 5.07. The van der Waals surface area contributed by atoms with Crippen LogP contribution in [0, 0.1) is 0 Å². The Morgan fingerprint density at radius 3 is 1.14 bits per heavy atom. The lowest BCUT2D eigenvalue weighted by molar-refractivity contribution is 0.661. The van der Waals surface area contributed by atoms with E-state index in [9.17, 15) is 0 Å². The molecule has 0 N–H and O–H groups in total. The Labute approximate surface area is 487 Å². The van der Waals surface area contributed by atoms with Gasteiger partial charge in [0.2, 0.25) is 0 Å². The van der Waals surface area contributed by atoms with Gasteiger partial charge in [-0.1, -0.05) is 195 Å². The van der Waals surface area contributed by atoms with Crippen molar-refractivity contribution in [3.63, 3.8) is 0 Å². The standard InChI is InChI=1S/C77H66N6/c1-48(2)51-25-31-57(32-26-51)81(72-45-78-42-54-17-9-12-20-61(54)72)60-37-38-65-67(39-60)76(83(59-35-29-53(30-36-59)50(5)6)74-47-80-44-56-19-11-14-22-63(56)74)68-40-66-64-23-15-16-24-70(64)77(7,8)71(66)41-69(68)75(65)82(58-33-27-52(28-34-58)49(3)4)73-46-79-43-55-18-10-13-21-62(55)73/h9-50H,1-8H3. The number of aromatic nitrogens is 3. The van der Waals surface area contributed by atoms with Gasteiger partial charge >= 0.3 is 0 Å². The summed E-state index contributed by atoms with van der Waals surface area (Å²) in [5, 5.41) is 10.9. The van der Waals surface area contributed by atoms with E-state index in [-0.39, 0.29) is 5.41 Å². The van der Waals surface area contributed by atoms with Crippen LogP contribution in [-0.4, -0.2) is 15.0 Å². The number of hydrogen-bond acceptors (Lipinski definition) is 6. The van der Waals surface area contributed by atoms with Gasteiger partial charge in [-0.15, -0.1) is 0 Å². The Hall–Kier alpha value is -9.65. The predicted octanol–water partition coefficient (Wildman–Crippen LogP) is 21.7. The van der Waals surface area contributed by atoms with Gasteiger partial charge in [-0.3, -0.25) is 15.0 Å². The molecule has 14 rings (SSSR count). The van der Waals surface area contributed by atoms with E-state index in [1.165, 1.54) is 38.9 Å². The van der Waals surface area contributed by atoms with Crippen LogP contribution in [0.4, 0.5) is 51.2 Å². The van der Waals surface area contributed by atoms with Gasteiger partial charge in [0.25, 0.3) is 0 Å². The summed E-state index contributed by atoms with van der Waals surface area (Å²) in [6.07, 6.45) is 12.1. The highest BCUT2D eigenvalue weighted by atomic mass is 15.2. The molecule has 0 saturated heterocycles. The van der Waals surface area contributed by atoms with Gasteiger partial charge in [0.1, 0.15) is 0 Å². The maximum atomic E-state index is 5.07. The second-order valence-corrected chi connectivity index (χ2v) is 23.9. The van der Waals surface area contributed by atoms with Crippen molar-refractivity contribution in [2.75, 3.05) is 14.7 Å². The smallest absolute Gasteiger partial charge is 0.0723 e. The molecule has 6 heteroatoms. The third-order valence-corrected chi connectivity index (χ3v) is 17.6. The van der Waals surface area contributed by atoms with Crippen LogP contribution in [0.15, 0.2) is 237 Å². The highest BCUT2D eigenvalue weighted by Crippen LogP contribution is 2.58. The number of benzene rings is 10. The Bertz CT molecular complexity index is 4620. The van der Waals surface area contributed by atoms with Crippen LogP contribution in [0.5, 0.6) is 0 Å². The zero-order valence-electron chi connectivity index (χ0n) is 48.4. The van der Waals surface area contributed by atoms with E-state index in [0.717, 1.165) is 105 Å². The molecule has 1 aliphatic carbocycles. The molecule has 1 aliphatic rings. The zero-order chi connectivity index (χ0) is 56.7. The Morgan fingerprint density at radius 2 is 0.675 bits per heavy atom. The van der Waals surface area contributed by atoms with E-state index >= 15 is 0 Å². The monoisotopic (exact) mass is 1070 g/mol. The number of fused-ring (bicyclic) bond motifs is 8. The number of anilines is 9. The molecule has 0 fully saturated rings. The molecule has 0 atom stereocenters. The minimum absolute atomic E-state index is 0.300. The van der Waals surface area contributed by atoms with E-state index in [2.05, 4.69) is 283 Å². The topological polar surface area (TPSA) is 48.4 Å². The predicted molar refractivity (Wildman–Crippen MR) is 351 cm³/mol. The van der Waals surface area contributed by atoms with Gasteiger partial charge in [0, 0.05) is 101 Å². The molecular formula is C77H66N6. The SMILES string of the molecule is CC(C)c1ccc(N(c2ccc3c(N(c4ccc(C(C)C)cc4)c4cncc5ccccc45)c4cc5c(cc4c(N(c4ccc(C(C)C)cc4)c4cncc6ccccc46)c3c2)-c2ccccc2C5(C)C)c2cncc3ccccc23)cc1. The minimum atomic E-state index is -0.300. The number of nitrogens with zero attached hydrogens (tertiary/aromatic N) is 6. The van der Waals surface area contributed by atoms with E-state index in [1.807, 2.05) is 24.8 Å².